The van der Waals surface area contributed by atoms with Crippen molar-refractivity contribution in [3.05, 3.63) is 74.3 Å². The van der Waals surface area contributed by atoms with Gasteiger partial charge < -0.3 is 10.4 Å². The second-order valence-electron chi connectivity index (χ2n) is 7.29. The smallest absolute Gasteiger partial charge is 0.433 e. The molecule has 180 valence electrons. The molecule has 4 rings (SSSR count). The summed E-state index contributed by atoms with van der Waals surface area (Å²) < 4.78 is 54.6. The van der Waals surface area contributed by atoms with Crippen molar-refractivity contribution in [1.82, 2.24) is 24.7 Å². The predicted molar refractivity (Wildman–Crippen MR) is 116 cm³/mol. The summed E-state index contributed by atoms with van der Waals surface area (Å²) in [5.41, 5.74) is -3.89. The van der Waals surface area contributed by atoms with Gasteiger partial charge in [0, 0.05) is 5.02 Å². The van der Waals surface area contributed by atoms with Gasteiger partial charge in [0.1, 0.15) is 17.2 Å². The first-order chi connectivity index (χ1) is 16.4. The van der Waals surface area contributed by atoms with Gasteiger partial charge in [-0.3, -0.25) is 9.59 Å². The first-order valence-electron chi connectivity index (χ1n) is 9.68. The Kier molecular flexibility index (Phi) is 5.88. The van der Waals surface area contributed by atoms with E-state index in [0.29, 0.717) is 23.7 Å². The standard InChI is InChI=1S/C21H13ClF4N6O3/c1-8-9(2)29-19-16(28-8)18(34)17(31-32(19)13-4-3-10(22)5-11(13)23)20(35)30-12-6-15(21(24,25)26)27-7-14(12)33/h3-7,33H,1-2H3,(H,27,30,35). The van der Waals surface area contributed by atoms with Crippen LogP contribution in [-0.4, -0.2) is 35.7 Å². The summed E-state index contributed by atoms with van der Waals surface area (Å²) in [6.45, 7) is 3.15. The lowest BCUT2D eigenvalue weighted by atomic mass is 10.2. The number of benzene rings is 1. The van der Waals surface area contributed by atoms with Crippen molar-refractivity contribution in [2.75, 3.05) is 5.32 Å². The number of anilines is 1. The molecule has 0 radical (unpaired) electrons. The number of hydrogen-bond acceptors (Lipinski definition) is 7. The molecule has 0 saturated carbocycles. The van der Waals surface area contributed by atoms with Crippen LogP contribution in [0.25, 0.3) is 16.9 Å². The Morgan fingerprint density at radius 1 is 1.14 bits per heavy atom. The Morgan fingerprint density at radius 2 is 1.83 bits per heavy atom. The third-order valence-electron chi connectivity index (χ3n) is 4.89. The number of pyridine rings is 1. The Labute approximate surface area is 198 Å². The topological polar surface area (TPSA) is 123 Å². The number of aromatic nitrogens is 5. The zero-order valence-corrected chi connectivity index (χ0v) is 18.5. The molecule has 0 aliphatic carbocycles. The fourth-order valence-corrected chi connectivity index (χ4v) is 3.21. The molecule has 0 fully saturated rings. The molecule has 3 aromatic heterocycles. The fourth-order valence-electron chi connectivity index (χ4n) is 3.05. The molecule has 0 aliphatic heterocycles. The highest BCUT2D eigenvalue weighted by atomic mass is 35.5. The van der Waals surface area contributed by atoms with Gasteiger partial charge in [0.2, 0.25) is 5.43 Å². The average Bonchev–Trinajstić information content (AvgIpc) is 2.76. The van der Waals surface area contributed by atoms with Gasteiger partial charge in [0.05, 0.1) is 23.3 Å². The molecule has 14 heteroatoms. The van der Waals surface area contributed by atoms with Crippen molar-refractivity contribution in [1.29, 1.82) is 0 Å². The highest BCUT2D eigenvalue weighted by molar-refractivity contribution is 6.30. The van der Waals surface area contributed by atoms with Crippen LogP contribution in [0.4, 0.5) is 23.2 Å². The maximum Gasteiger partial charge on any atom is 0.433 e. The van der Waals surface area contributed by atoms with Crippen molar-refractivity contribution in [3.8, 4) is 11.4 Å². The largest absolute Gasteiger partial charge is 0.504 e. The van der Waals surface area contributed by atoms with Gasteiger partial charge in [-0.15, -0.1) is 0 Å². The van der Waals surface area contributed by atoms with Gasteiger partial charge >= 0.3 is 6.18 Å². The molecule has 4 aromatic rings. The number of carbonyl (C=O) groups excluding carboxylic acids is 1. The molecule has 0 saturated heterocycles. The molecule has 1 aromatic carbocycles. The summed E-state index contributed by atoms with van der Waals surface area (Å²) >= 11 is 5.80. The molecule has 0 aliphatic rings. The van der Waals surface area contributed by atoms with Crippen LogP contribution >= 0.6 is 11.6 Å². The Bertz CT molecular complexity index is 1570. The number of fused-ring (bicyclic) bond motifs is 1. The maximum absolute atomic E-state index is 14.7. The van der Waals surface area contributed by atoms with Gasteiger partial charge in [-0.1, -0.05) is 11.6 Å². The zero-order valence-electron chi connectivity index (χ0n) is 17.8. The molecule has 0 spiro atoms. The first-order valence-corrected chi connectivity index (χ1v) is 10.1. The fraction of sp³-hybridized carbons (Fsp3) is 0.143. The van der Waals surface area contributed by atoms with Crippen LogP contribution in [0.5, 0.6) is 5.75 Å². The van der Waals surface area contributed by atoms with E-state index in [1.54, 1.807) is 13.8 Å². The zero-order chi connectivity index (χ0) is 25.7. The number of aryl methyl sites for hydroxylation is 2. The number of carbonyl (C=O) groups is 1. The SMILES string of the molecule is Cc1nc2c(=O)c(C(=O)Nc3cc(C(F)(F)F)ncc3O)nn(-c3ccc(Cl)cc3F)c2nc1C. The number of rotatable bonds is 3. The monoisotopic (exact) mass is 508 g/mol. The van der Waals surface area contributed by atoms with E-state index in [2.05, 4.69) is 20.1 Å². The van der Waals surface area contributed by atoms with E-state index >= 15 is 0 Å². The quantitative estimate of drug-likeness (QED) is 0.402. The number of aromatic hydroxyl groups is 1. The molecule has 9 nitrogen and oxygen atoms in total. The lowest BCUT2D eigenvalue weighted by molar-refractivity contribution is -0.141. The number of halogens is 5. The highest BCUT2D eigenvalue weighted by Crippen LogP contribution is 2.32. The molecule has 35 heavy (non-hydrogen) atoms. The molecular formula is C21H13ClF4N6O3. The van der Waals surface area contributed by atoms with Crippen LogP contribution in [-0.2, 0) is 6.18 Å². The Balaban J connectivity index is 1.92. The van der Waals surface area contributed by atoms with E-state index in [9.17, 15) is 32.3 Å². The third kappa shape index (κ3) is 4.49. The van der Waals surface area contributed by atoms with E-state index in [0.717, 1.165) is 10.7 Å². The second-order valence-corrected chi connectivity index (χ2v) is 7.73. The lowest BCUT2D eigenvalue weighted by Crippen LogP contribution is -2.28. The van der Waals surface area contributed by atoms with Crippen LogP contribution in [0.3, 0.4) is 0 Å². The van der Waals surface area contributed by atoms with Crippen molar-refractivity contribution in [3.63, 3.8) is 0 Å². The first kappa shape index (κ1) is 24.0. The van der Waals surface area contributed by atoms with Crippen LogP contribution in [0.1, 0.15) is 27.6 Å². The van der Waals surface area contributed by atoms with Gasteiger partial charge in [0.25, 0.3) is 5.91 Å². The van der Waals surface area contributed by atoms with E-state index in [1.807, 2.05) is 5.32 Å². The number of alkyl halides is 3. The van der Waals surface area contributed by atoms with Gasteiger partial charge in [-0.25, -0.2) is 24.0 Å². The minimum Gasteiger partial charge on any atom is -0.504 e. The highest BCUT2D eigenvalue weighted by Gasteiger charge is 2.33. The molecule has 0 unspecified atom stereocenters. The normalized spacial score (nSPS) is 11.6. The summed E-state index contributed by atoms with van der Waals surface area (Å²) in [7, 11) is 0. The van der Waals surface area contributed by atoms with Gasteiger partial charge in [0.15, 0.2) is 22.6 Å². The van der Waals surface area contributed by atoms with E-state index in [-0.39, 0.29) is 21.9 Å². The summed E-state index contributed by atoms with van der Waals surface area (Å²) in [4.78, 5) is 37.4. The molecule has 0 atom stereocenters. The van der Waals surface area contributed by atoms with Crippen LogP contribution in [0.15, 0.2) is 35.3 Å². The van der Waals surface area contributed by atoms with Crippen LogP contribution in [0, 0.1) is 19.7 Å². The summed E-state index contributed by atoms with van der Waals surface area (Å²) in [5.74, 6) is -2.93. The minimum absolute atomic E-state index is 0.0707. The van der Waals surface area contributed by atoms with Crippen LogP contribution < -0.4 is 10.7 Å². The molecule has 2 N–H and O–H groups in total. The number of nitrogens with zero attached hydrogens (tertiary/aromatic N) is 5. The number of amides is 1. The Morgan fingerprint density at radius 3 is 2.49 bits per heavy atom. The lowest BCUT2D eigenvalue weighted by Gasteiger charge is -2.14. The van der Waals surface area contributed by atoms with E-state index in [1.165, 1.54) is 12.1 Å². The van der Waals surface area contributed by atoms with Crippen LogP contribution in [0.2, 0.25) is 5.02 Å². The minimum atomic E-state index is -4.86. The number of nitrogens with one attached hydrogen (secondary N) is 1. The molecule has 3 heterocycles. The van der Waals surface area contributed by atoms with E-state index < -0.39 is 46.2 Å². The van der Waals surface area contributed by atoms with Gasteiger partial charge in [-0.2, -0.15) is 18.3 Å². The van der Waals surface area contributed by atoms with Crippen molar-refractivity contribution < 1.29 is 27.5 Å². The Hall–Kier alpha value is -4.13. The number of hydrogen-bond donors (Lipinski definition) is 2. The third-order valence-corrected chi connectivity index (χ3v) is 5.13. The average molecular weight is 509 g/mol. The summed E-state index contributed by atoms with van der Waals surface area (Å²) in [5, 5.41) is 15.9. The van der Waals surface area contributed by atoms with Gasteiger partial charge in [-0.05, 0) is 38.1 Å². The summed E-state index contributed by atoms with van der Waals surface area (Å²) in [6.07, 6.45) is -4.37. The molecule has 1 amide bonds. The van der Waals surface area contributed by atoms with Crippen molar-refractivity contribution in [2.45, 2.75) is 20.0 Å². The molecular weight excluding hydrogens is 496 g/mol. The molecule has 0 bridgehead atoms. The van der Waals surface area contributed by atoms with Crippen molar-refractivity contribution in [2.24, 2.45) is 0 Å². The van der Waals surface area contributed by atoms with Crippen molar-refractivity contribution >= 4 is 34.4 Å². The predicted octanol–water partition coefficient (Wildman–Crippen LogP) is 3.96. The summed E-state index contributed by atoms with van der Waals surface area (Å²) in [6, 6.07) is 3.94. The second kappa shape index (κ2) is 8.58. The maximum atomic E-state index is 14.7. The van der Waals surface area contributed by atoms with E-state index in [4.69, 9.17) is 11.6 Å².